The Hall–Kier alpha value is -1.09. The van der Waals surface area contributed by atoms with Crippen LogP contribution in [0.1, 0.15) is 44.3 Å². The molecule has 1 N–H and O–H groups in total. The van der Waals surface area contributed by atoms with Crippen molar-refractivity contribution in [2.75, 3.05) is 6.61 Å². The summed E-state index contributed by atoms with van der Waals surface area (Å²) < 4.78 is 19.1. The van der Waals surface area contributed by atoms with Crippen LogP contribution in [0.15, 0.2) is 18.2 Å². The van der Waals surface area contributed by atoms with E-state index in [0.29, 0.717) is 23.8 Å². The molecule has 1 aliphatic rings. The highest BCUT2D eigenvalue weighted by Gasteiger charge is 2.16. The summed E-state index contributed by atoms with van der Waals surface area (Å²) in [5.74, 6) is 0.480. The molecule has 1 aromatic carbocycles. The van der Waals surface area contributed by atoms with Crippen LogP contribution < -0.4 is 4.74 Å². The van der Waals surface area contributed by atoms with Crippen molar-refractivity contribution >= 4 is 0 Å². The Morgan fingerprint density at radius 1 is 1.41 bits per heavy atom. The van der Waals surface area contributed by atoms with Gasteiger partial charge in [0.25, 0.3) is 0 Å². The molecule has 0 amide bonds. The van der Waals surface area contributed by atoms with Gasteiger partial charge in [-0.15, -0.1) is 0 Å². The average Bonchev–Trinajstić information content (AvgIpc) is 2.80. The Bertz CT molecular complexity index is 370. The van der Waals surface area contributed by atoms with Gasteiger partial charge < -0.3 is 9.84 Å². The zero-order valence-corrected chi connectivity index (χ0v) is 10.2. The van der Waals surface area contributed by atoms with E-state index in [4.69, 9.17) is 4.74 Å². The summed E-state index contributed by atoms with van der Waals surface area (Å²) in [6, 6.07) is 4.65. The number of hydrogen-bond acceptors (Lipinski definition) is 2. The van der Waals surface area contributed by atoms with Crippen LogP contribution in [0.2, 0.25) is 0 Å². The molecule has 0 heterocycles. The van der Waals surface area contributed by atoms with Gasteiger partial charge in [0.15, 0.2) is 11.6 Å². The van der Waals surface area contributed by atoms with E-state index in [-0.39, 0.29) is 5.82 Å². The Morgan fingerprint density at radius 2 is 2.12 bits per heavy atom. The topological polar surface area (TPSA) is 29.5 Å². The molecule has 3 heteroatoms. The summed E-state index contributed by atoms with van der Waals surface area (Å²) in [6.45, 7) is 2.22. The van der Waals surface area contributed by atoms with E-state index in [2.05, 4.69) is 0 Å². The van der Waals surface area contributed by atoms with Crippen LogP contribution in [0.4, 0.5) is 4.39 Å². The van der Waals surface area contributed by atoms with Gasteiger partial charge in [0, 0.05) is 0 Å². The van der Waals surface area contributed by atoms with Crippen molar-refractivity contribution in [2.24, 2.45) is 5.92 Å². The van der Waals surface area contributed by atoms with Gasteiger partial charge in [0.1, 0.15) is 0 Å². The van der Waals surface area contributed by atoms with E-state index in [9.17, 15) is 9.50 Å². The summed E-state index contributed by atoms with van der Waals surface area (Å²) in [7, 11) is 0. The summed E-state index contributed by atoms with van der Waals surface area (Å²) in [5, 5.41) is 9.33. The molecule has 0 radical (unpaired) electrons. The largest absolute Gasteiger partial charge is 0.490 e. The van der Waals surface area contributed by atoms with Crippen molar-refractivity contribution in [2.45, 2.75) is 38.7 Å². The molecule has 1 aromatic rings. The third kappa shape index (κ3) is 3.19. The number of aliphatic hydroxyl groups is 1. The van der Waals surface area contributed by atoms with Gasteiger partial charge >= 0.3 is 0 Å². The molecule has 2 nitrogen and oxygen atoms in total. The molecule has 1 fully saturated rings. The highest BCUT2D eigenvalue weighted by Crippen LogP contribution is 2.27. The van der Waals surface area contributed by atoms with Crippen molar-refractivity contribution < 1.29 is 14.2 Å². The molecule has 94 valence electrons. The zero-order chi connectivity index (χ0) is 12.3. The fourth-order valence-corrected chi connectivity index (χ4v) is 2.28. The molecular formula is C14H19FO2. The van der Waals surface area contributed by atoms with E-state index in [1.165, 1.54) is 31.7 Å². The van der Waals surface area contributed by atoms with E-state index < -0.39 is 6.10 Å². The predicted molar refractivity (Wildman–Crippen MR) is 64.5 cm³/mol. The molecule has 2 rings (SSSR count). The minimum Gasteiger partial charge on any atom is -0.490 e. The molecule has 1 saturated carbocycles. The van der Waals surface area contributed by atoms with Crippen LogP contribution in [0.3, 0.4) is 0 Å². The molecule has 1 atom stereocenters. The van der Waals surface area contributed by atoms with Gasteiger partial charge in [-0.25, -0.2) is 4.39 Å². The van der Waals surface area contributed by atoms with Crippen LogP contribution in [0.25, 0.3) is 0 Å². The lowest BCUT2D eigenvalue weighted by Crippen LogP contribution is -2.09. The van der Waals surface area contributed by atoms with Gasteiger partial charge in [-0.2, -0.15) is 0 Å². The third-order valence-corrected chi connectivity index (χ3v) is 3.39. The molecule has 17 heavy (non-hydrogen) atoms. The molecular weight excluding hydrogens is 219 g/mol. The van der Waals surface area contributed by atoms with Gasteiger partial charge in [-0.3, -0.25) is 0 Å². The minimum atomic E-state index is -0.645. The van der Waals surface area contributed by atoms with E-state index in [1.807, 2.05) is 0 Å². The fourth-order valence-electron chi connectivity index (χ4n) is 2.28. The summed E-state index contributed by atoms with van der Waals surface area (Å²) in [4.78, 5) is 0. The van der Waals surface area contributed by atoms with Crippen LogP contribution in [0.5, 0.6) is 5.75 Å². The highest BCUT2D eigenvalue weighted by atomic mass is 19.1. The number of aliphatic hydroxyl groups excluding tert-OH is 1. The Labute approximate surface area is 101 Å². The lowest BCUT2D eigenvalue weighted by Gasteiger charge is -2.13. The predicted octanol–water partition coefficient (Wildman–Crippen LogP) is 3.45. The fraction of sp³-hybridized carbons (Fsp3) is 0.571. The van der Waals surface area contributed by atoms with Gasteiger partial charge in [-0.1, -0.05) is 18.9 Å². The molecule has 0 aromatic heterocycles. The molecule has 1 aliphatic carbocycles. The third-order valence-electron chi connectivity index (χ3n) is 3.39. The zero-order valence-electron chi connectivity index (χ0n) is 10.2. The maximum absolute atomic E-state index is 13.6. The van der Waals surface area contributed by atoms with Crippen molar-refractivity contribution in [3.05, 3.63) is 29.6 Å². The number of halogens is 1. The van der Waals surface area contributed by atoms with Crippen LogP contribution >= 0.6 is 0 Å². The van der Waals surface area contributed by atoms with E-state index >= 15 is 0 Å². The summed E-state index contributed by atoms with van der Waals surface area (Å²) >= 11 is 0. The van der Waals surface area contributed by atoms with Crippen molar-refractivity contribution in [1.82, 2.24) is 0 Å². The van der Waals surface area contributed by atoms with Gasteiger partial charge in [0.2, 0.25) is 0 Å². The second-order valence-corrected chi connectivity index (χ2v) is 4.83. The second kappa shape index (κ2) is 5.50. The maximum atomic E-state index is 13.6. The summed E-state index contributed by atoms with van der Waals surface area (Å²) in [5.41, 5.74) is 0.579. The van der Waals surface area contributed by atoms with E-state index in [0.717, 1.165) is 0 Å². The molecule has 0 saturated heterocycles. The lowest BCUT2D eigenvalue weighted by molar-refractivity contribution is 0.198. The molecule has 0 bridgehead atoms. The smallest absolute Gasteiger partial charge is 0.165 e. The highest BCUT2D eigenvalue weighted by molar-refractivity contribution is 5.30. The Balaban J connectivity index is 1.96. The van der Waals surface area contributed by atoms with Crippen LogP contribution in [-0.2, 0) is 0 Å². The van der Waals surface area contributed by atoms with Crippen LogP contribution in [0, 0.1) is 11.7 Å². The van der Waals surface area contributed by atoms with Crippen molar-refractivity contribution in [1.29, 1.82) is 0 Å². The first kappa shape index (κ1) is 12.4. The average molecular weight is 238 g/mol. The van der Waals surface area contributed by atoms with Crippen molar-refractivity contribution in [3.63, 3.8) is 0 Å². The first-order valence-electron chi connectivity index (χ1n) is 6.27. The maximum Gasteiger partial charge on any atom is 0.165 e. The van der Waals surface area contributed by atoms with Gasteiger partial charge in [0.05, 0.1) is 12.7 Å². The SMILES string of the molecule is C[C@H](O)c1ccc(OCC2CCCC2)c(F)c1. The minimum absolute atomic E-state index is 0.293. The lowest BCUT2D eigenvalue weighted by atomic mass is 10.1. The second-order valence-electron chi connectivity index (χ2n) is 4.83. The first-order chi connectivity index (χ1) is 8.16. The van der Waals surface area contributed by atoms with E-state index in [1.54, 1.807) is 19.1 Å². The summed E-state index contributed by atoms with van der Waals surface area (Å²) in [6.07, 6.45) is 4.25. The van der Waals surface area contributed by atoms with Crippen molar-refractivity contribution in [3.8, 4) is 5.75 Å². The monoisotopic (exact) mass is 238 g/mol. The molecule has 0 aliphatic heterocycles. The van der Waals surface area contributed by atoms with Gasteiger partial charge in [-0.05, 0) is 43.4 Å². The molecule has 0 unspecified atom stereocenters. The number of benzene rings is 1. The van der Waals surface area contributed by atoms with Crippen LogP contribution in [-0.4, -0.2) is 11.7 Å². The standard InChI is InChI=1S/C14H19FO2/c1-10(16)12-6-7-14(13(15)8-12)17-9-11-4-2-3-5-11/h6-8,10-11,16H,2-5,9H2,1H3/t10-/m0/s1. The first-order valence-corrected chi connectivity index (χ1v) is 6.27. The Morgan fingerprint density at radius 3 is 2.71 bits per heavy atom. The Kier molecular flexibility index (Phi) is 4.00. The quantitative estimate of drug-likeness (QED) is 0.870. The molecule has 0 spiro atoms. The normalized spacial score (nSPS) is 18.3. The number of rotatable bonds is 4. The number of hydrogen-bond donors (Lipinski definition) is 1. The number of ether oxygens (including phenoxy) is 1.